The second-order valence-electron chi connectivity index (χ2n) is 4.02. The van der Waals surface area contributed by atoms with Gasteiger partial charge in [-0.1, -0.05) is 48.2 Å². The van der Waals surface area contributed by atoms with Crippen LogP contribution < -0.4 is 0 Å². The maximum atomic E-state index is 12.0. The summed E-state index contributed by atoms with van der Waals surface area (Å²) in [7, 11) is 0. The van der Waals surface area contributed by atoms with E-state index in [4.69, 9.17) is 4.74 Å². The maximum absolute atomic E-state index is 12.0. The first-order valence-corrected chi connectivity index (χ1v) is 7.40. The predicted octanol–water partition coefficient (Wildman–Crippen LogP) is 4.23. The van der Waals surface area contributed by atoms with Crippen LogP contribution in [-0.2, 0) is 9.53 Å². The molecule has 0 saturated carbocycles. The molecular weight excluding hydrogens is 282 g/mol. The summed E-state index contributed by atoms with van der Waals surface area (Å²) in [5.74, 6) is 2.39. The summed E-state index contributed by atoms with van der Waals surface area (Å²) in [6.45, 7) is 2.10. The van der Waals surface area contributed by atoms with Crippen molar-refractivity contribution in [2.45, 2.75) is 11.8 Å². The smallest absolute Gasteiger partial charge is 0.354 e. The van der Waals surface area contributed by atoms with Crippen LogP contribution in [0.4, 0.5) is 5.69 Å². The largest absolute Gasteiger partial charge is 0.462 e. The van der Waals surface area contributed by atoms with E-state index in [1.54, 1.807) is 6.92 Å². The molecule has 0 aliphatic heterocycles. The molecule has 2 aromatic rings. The standard InChI is InChI=1S/C17H15NO2S/c1-2-20-17(19)16(21-15-11-7-4-8-12-15)13-18-14-9-5-3-6-10-14/h3-12H,2H2,1H3. The summed E-state index contributed by atoms with van der Waals surface area (Å²) in [6.07, 6.45) is 0. The van der Waals surface area contributed by atoms with Gasteiger partial charge < -0.3 is 4.74 Å². The summed E-state index contributed by atoms with van der Waals surface area (Å²) in [5, 5.41) is 0. The Morgan fingerprint density at radius 1 is 1.10 bits per heavy atom. The summed E-state index contributed by atoms with van der Waals surface area (Å²) >= 11 is 1.29. The summed E-state index contributed by atoms with van der Waals surface area (Å²) < 4.78 is 5.05. The van der Waals surface area contributed by atoms with Gasteiger partial charge in [0.25, 0.3) is 0 Å². The molecule has 0 heterocycles. The van der Waals surface area contributed by atoms with Crippen molar-refractivity contribution in [3.05, 3.63) is 65.6 Å². The number of carbonyl (C=O) groups excluding carboxylic acids is 1. The normalized spacial score (nSPS) is 9.57. The molecule has 0 bridgehead atoms. The van der Waals surface area contributed by atoms with Gasteiger partial charge in [-0.2, -0.15) is 0 Å². The molecule has 0 amide bonds. The molecule has 0 radical (unpaired) electrons. The maximum Gasteiger partial charge on any atom is 0.354 e. The monoisotopic (exact) mass is 297 g/mol. The first-order chi connectivity index (χ1) is 10.3. The number of para-hydroxylation sites is 1. The zero-order valence-corrected chi connectivity index (χ0v) is 12.5. The highest BCUT2D eigenvalue weighted by Gasteiger charge is 2.12. The van der Waals surface area contributed by atoms with Crippen molar-refractivity contribution in [1.82, 2.24) is 0 Å². The Balaban J connectivity index is 2.28. The van der Waals surface area contributed by atoms with Crippen molar-refractivity contribution in [1.29, 1.82) is 0 Å². The second kappa shape index (κ2) is 8.10. The fourth-order valence-corrected chi connectivity index (χ4v) is 2.29. The molecule has 2 rings (SSSR count). The van der Waals surface area contributed by atoms with Crippen molar-refractivity contribution >= 4 is 29.3 Å². The molecule has 106 valence electrons. The zero-order chi connectivity index (χ0) is 14.9. The third-order valence-corrected chi connectivity index (χ3v) is 3.44. The first kappa shape index (κ1) is 15.1. The van der Waals surface area contributed by atoms with Gasteiger partial charge in [-0.25, -0.2) is 9.79 Å². The van der Waals surface area contributed by atoms with E-state index in [0.717, 1.165) is 10.6 Å². The van der Waals surface area contributed by atoms with Gasteiger partial charge in [0.2, 0.25) is 0 Å². The molecule has 2 aromatic carbocycles. The van der Waals surface area contributed by atoms with Gasteiger partial charge in [-0.15, -0.1) is 0 Å². The number of hydrogen-bond donors (Lipinski definition) is 0. The van der Waals surface area contributed by atoms with Crippen molar-refractivity contribution in [2.24, 2.45) is 4.99 Å². The molecule has 0 aliphatic carbocycles. The number of carbonyl (C=O) groups is 1. The number of hydrogen-bond acceptors (Lipinski definition) is 4. The SMILES string of the molecule is CCOC(=O)C(=C=Nc1ccccc1)Sc1ccccc1. The van der Waals surface area contributed by atoms with Gasteiger partial charge in [0.1, 0.15) is 0 Å². The van der Waals surface area contributed by atoms with Crippen LogP contribution in [0.15, 0.2) is 75.5 Å². The van der Waals surface area contributed by atoms with E-state index in [2.05, 4.69) is 10.9 Å². The lowest BCUT2D eigenvalue weighted by Gasteiger charge is -2.03. The number of aliphatic imine (C=N–C) groups is 1. The van der Waals surface area contributed by atoms with Gasteiger partial charge in [-0.3, -0.25) is 0 Å². The average molecular weight is 297 g/mol. The van der Waals surface area contributed by atoms with Crippen LogP contribution in [0.25, 0.3) is 0 Å². The third-order valence-electron chi connectivity index (χ3n) is 2.47. The molecule has 0 fully saturated rings. The van der Waals surface area contributed by atoms with Crippen molar-refractivity contribution < 1.29 is 9.53 Å². The molecule has 0 aromatic heterocycles. The van der Waals surface area contributed by atoms with Gasteiger partial charge in [0.05, 0.1) is 12.3 Å². The predicted molar refractivity (Wildman–Crippen MR) is 86.0 cm³/mol. The summed E-state index contributed by atoms with van der Waals surface area (Å²) in [6, 6.07) is 19.0. The number of thioether (sulfide) groups is 1. The highest BCUT2D eigenvalue weighted by molar-refractivity contribution is 8.04. The van der Waals surface area contributed by atoms with E-state index >= 15 is 0 Å². The number of esters is 1. The average Bonchev–Trinajstić information content (AvgIpc) is 2.53. The van der Waals surface area contributed by atoms with E-state index in [-0.39, 0.29) is 0 Å². The molecule has 0 N–H and O–H groups in total. The molecule has 21 heavy (non-hydrogen) atoms. The third kappa shape index (κ3) is 4.95. The van der Waals surface area contributed by atoms with Crippen molar-refractivity contribution in [3.8, 4) is 0 Å². The quantitative estimate of drug-likeness (QED) is 0.359. The lowest BCUT2D eigenvalue weighted by atomic mass is 10.3. The zero-order valence-electron chi connectivity index (χ0n) is 11.7. The molecule has 0 atom stereocenters. The van der Waals surface area contributed by atoms with Crippen LogP contribution in [0.1, 0.15) is 6.92 Å². The highest BCUT2D eigenvalue weighted by Crippen LogP contribution is 2.25. The first-order valence-electron chi connectivity index (χ1n) is 6.58. The Labute approximate surface area is 128 Å². The Bertz CT molecular complexity index is 647. The summed E-state index contributed by atoms with van der Waals surface area (Å²) in [5.41, 5.74) is 0.743. The Kier molecular flexibility index (Phi) is 5.83. The topological polar surface area (TPSA) is 38.7 Å². The number of nitrogens with zero attached hydrogens (tertiary/aromatic N) is 1. The molecular formula is C17H15NO2S. The molecule has 0 saturated heterocycles. The van der Waals surface area contributed by atoms with Gasteiger partial charge >= 0.3 is 5.97 Å². The Morgan fingerprint density at radius 2 is 1.71 bits per heavy atom. The van der Waals surface area contributed by atoms with E-state index in [0.29, 0.717) is 11.5 Å². The minimum Gasteiger partial charge on any atom is -0.462 e. The Morgan fingerprint density at radius 3 is 2.33 bits per heavy atom. The van der Waals surface area contributed by atoms with Crippen molar-refractivity contribution in [3.63, 3.8) is 0 Å². The lowest BCUT2D eigenvalue weighted by Crippen LogP contribution is -2.05. The summed E-state index contributed by atoms with van der Waals surface area (Å²) in [4.78, 5) is 17.4. The van der Waals surface area contributed by atoms with Crippen LogP contribution in [0.2, 0.25) is 0 Å². The fourth-order valence-electron chi connectivity index (χ4n) is 1.53. The van der Waals surface area contributed by atoms with Gasteiger partial charge in [0, 0.05) is 10.8 Å². The van der Waals surface area contributed by atoms with Crippen LogP contribution in [0.3, 0.4) is 0 Å². The van der Waals surface area contributed by atoms with E-state index in [1.165, 1.54) is 11.8 Å². The van der Waals surface area contributed by atoms with Crippen molar-refractivity contribution in [2.75, 3.05) is 6.61 Å². The van der Waals surface area contributed by atoms with Crippen LogP contribution in [0.5, 0.6) is 0 Å². The number of rotatable bonds is 5. The van der Waals surface area contributed by atoms with Crippen LogP contribution in [-0.4, -0.2) is 18.4 Å². The molecule has 0 aliphatic rings. The fraction of sp³-hybridized carbons (Fsp3) is 0.118. The highest BCUT2D eigenvalue weighted by atomic mass is 32.2. The van der Waals surface area contributed by atoms with E-state index in [9.17, 15) is 4.79 Å². The minimum absolute atomic E-state index is 0.324. The van der Waals surface area contributed by atoms with Gasteiger partial charge in [0.15, 0.2) is 4.91 Å². The van der Waals surface area contributed by atoms with Gasteiger partial charge in [-0.05, 0) is 31.2 Å². The number of ether oxygens (including phenoxy) is 1. The Hall–Kier alpha value is -2.29. The van der Waals surface area contributed by atoms with Crippen LogP contribution >= 0.6 is 11.8 Å². The second-order valence-corrected chi connectivity index (χ2v) is 5.11. The molecule has 0 unspecified atom stereocenters. The van der Waals surface area contributed by atoms with E-state index < -0.39 is 5.97 Å². The number of benzene rings is 2. The minimum atomic E-state index is -0.411. The molecule has 4 heteroatoms. The molecule has 0 spiro atoms. The molecule has 3 nitrogen and oxygen atoms in total. The van der Waals surface area contributed by atoms with E-state index in [1.807, 2.05) is 60.7 Å². The van der Waals surface area contributed by atoms with Crippen LogP contribution in [0, 0.1) is 0 Å². The lowest BCUT2D eigenvalue weighted by molar-refractivity contribution is -0.137.